The van der Waals surface area contributed by atoms with E-state index < -0.39 is 6.10 Å². The van der Waals surface area contributed by atoms with Crippen LogP contribution in [0.1, 0.15) is 50.7 Å². The Morgan fingerprint density at radius 3 is 2.71 bits per heavy atom. The Morgan fingerprint density at radius 2 is 2.06 bits per heavy atom. The maximum Gasteiger partial charge on any atom is 0.134 e. The standard InChI is InChI=1S/C14H22N2O/c1-11(17)13-9-6-10-15-14(13)16(2)12-7-4-3-5-8-12/h6,9-12,17H,3-5,7-8H2,1-2H3/t11-/m0/s1. The molecule has 1 aliphatic carbocycles. The number of rotatable bonds is 3. The number of aromatic nitrogens is 1. The summed E-state index contributed by atoms with van der Waals surface area (Å²) in [4.78, 5) is 6.69. The van der Waals surface area contributed by atoms with E-state index in [9.17, 15) is 5.11 Å². The second-order valence-corrected chi connectivity index (χ2v) is 4.99. The van der Waals surface area contributed by atoms with Crippen molar-refractivity contribution in [3.05, 3.63) is 23.9 Å². The molecule has 0 saturated heterocycles. The minimum atomic E-state index is -0.454. The maximum absolute atomic E-state index is 9.79. The summed E-state index contributed by atoms with van der Waals surface area (Å²) in [6.45, 7) is 1.80. The van der Waals surface area contributed by atoms with Gasteiger partial charge in [0, 0.05) is 24.8 Å². The molecule has 1 aromatic heterocycles. The summed E-state index contributed by atoms with van der Waals surface area (Å²) < 4.78 is 0. The molecule has 1 aliphatic rings. The lowest BCUT2D eigenvalue weighted by atomic mass is 9.94. The van der Waals surface area contributed by atoms with E-state index in [0.717, 1.165) is 11.4 Å². The van der Waals surface area contributed by atoms with Crippen LogP contribution in [0.2, 0.25) is 0 Å². The number of aliphatic hydroxyl groups excluding tert-OH is 1. The number of hydrogen-bond donors (Lipinski definition) is 1. The average molecular weight is 234 g/mol. The van der Waals surface area contributed by atoms with Crippen molar-refractivity contribution in [2.75, 3.05) is 11.9 Å². The van der Waals surface area contributed by atoms with Crippen molar-refractivity contribution >= 4 is 5.82 Å². The van der Waals surface area contributed by atoms with Gasteiger partial charge in [-0.1, -0.05) is 25.3 Å². The number of nitrogens with zero attached hydrogens (tertiary/aromatic N) is 2. The Hall–Kier alpha value is -1.09. The van der Waals surface area contributed by atoms with Crippen LogP contribution in [0.3, 0.4) is 0 Å². The first-order valence-electron chi connectivity index (χ1n) is 6.56. The fourth-order valence-electron chi connectivity index (χ4n) is 2.67. The summed E-state index contributed by atoms with van der Waals surface area (Å²) in [7, 11) is 2.10. The third-order valence-electron chi connectivity index (χ3n) is 3.72. The van der Waals surface area contributed by atoms with Gasteiger partial charge in [0.25, 0.3) is 0 Å². The molecule has 0 unspecified atom stereocenters. The van der Waals surface area contributed by atoms with E-state index in [2.05, 4.69) is 16.9 Å². The Labute approximate surface area is 103 Å². The number of aliphatic hydroxyl groups is 1. The highest BCUT2D eigenvalue weighted by atomic mass is 16.3. The fraction of sp³-hybridized carbons (Fsp3) is 0.643. The van der Waals surface area contributed by atoms with Gasteiger partial charge in [0.15, 0.2) is 0 Å². The van der Waals surface area contributed by atoms with Crippen LogP contribution >= 0.6 is 0 Å². The Bertz CT molecular complexity index is 359. The fourth-order valence-corrected chi connectivity index (χ4v) is 2.67. The molecule has 1 atom stereocenters. The summed E-state index contributed by atoms with van der Waals surface area (Å²) in [5.74, 6) is 0.939. The minimum absolute atomic E-state index is 0.454. The quantitative estimate of drug-likeness (QED) is 0.873. The van der Waals surface area contributed by atoms with Gasteiger partial charge in [-0.15, -0.1) is 0 Å². The van der Waals surface area contributed by atoms with Gasteiger partial charge in [0.1, 0.15) is 5.82 Å². The van der Waals surface area contributed by atoms with Crippen LogP contribution in [-0.2, 0) is 0 Å². The Balaban J connectivity index is 2.20. The van der Waals surface area contributed by atoms with Gasteiger partial charge in [-0.05, 0) is 25.8 Å². The molecule has 1 N–H and O–H groups in total. The van der Waals surface area contributed by atoms with Gasteiger partial charge in [-0.25, -0.2) is 4.98 Å². The summed E-state index contributed by atoms with van der Waals surface area (Å²) >= 11 is 0. The van der Waals surface area contributed by atoms with E-state index in [1.165, 1.54) is 32.1 Å². The van der Waals surface area contributed by atoms with E-state index in [4.69, 9.17) is 0 Å². The molecule has 0 radical (unpaired) electrons. The van der Waals surface area contributed by atoms with Crippen molar-refractivity contribution in [3.8, 4) is 0 Å². The van der Waals surface area contributed by atoms with Gasteiger partial charge < -0.3 is 10.0 Å². The second-order valence-electron chi connectivity index (χ2n) is 4.99. The predicted octanol–water partition coefficient (Wildman–Crippen LogP) is 2.90. The third kappa shape index (κ3) is 2.78. The van der Waals surface area contributed by atoms with Crippen molar-refractivity contribution in [1.82, 2.24) is 4.98 Å². The molecule has 94 valence electrons. The first kappa shape index (κ1) is 12.4. The monoisotopic (exact) mass is 234 g/mol. The molecular formula is C14H22N2O. The summed E-state index contributed by atoms with van der Waals surface area (Å²) in [5, 5.41) is 9.79. The zero-order chi connectivity index (χ0) is 12.3. The molecule has 0 bridgehead atoms. The average Bonchev–Trinajstić information content (AvgIpc) is 2.39. The highest BCUT2D eigenvalue weighted by molar-refractivity contribution is 5.48. The smallest absolute Gasteiger partial charge is 0.134 e. The van der Waals surface area contributed by atoms with E-state index >= 15 is 0 Å². The third-order valence-corrected chi connectivity index (χ3v) is 3.72. The molecule has 0 amide bonds. The van der Waals surface area contributed by atoms with Gasteiger partial charge in [-0.2, -0.15) is 0 Å². The molecule has 1 saturated carbocycles. The largest absolute Gasteiger partial charge is 0.389 e. The zero-order valence-electron chi connectivity index (χ0n) is 10.8. The molecule has 0 spiro atoms. The van der Waals surface area contributed by atoms with Crippen molar-refractivity contribution in [2.45, 2.75) is 51.2 Å². The first-order valence-corrected chi connectivity index (χ1v) is 6.56. The molecule has 3 nitrogen and oxygen atoms in total. The minimum Gasteiger partial charge on any atom is -0.389 e. The van der Waals surface area contributed by atoms with Crippen molar-refractivity contribution in [3.63, 3.8) is 0 Å². The van der Waals surface area contributed by atoms with E-state index in [1.807, 2.05) is 12.1 Å². The SMILES string of the molecule is C[C@H](O)c1cccnc1N(C)C1CCCCC1. The summed E-state index contributed by atoms with van der Waals surface area (Å²) in [5.41, 5.74) is 0.931. The van der Waals surface area contributed by atoms with Crippen LogP contribution in [0, 0.1) is 0 Å². The van der Waals surface area contributed by atoms with Gasteiger partial charge in [0.2, 0.25) is 0 Å². The van der Waals surface area contributed by atoms with Crippen LogP contribution in [0.5, 0.6) is 0 Å². The summed E-state index contributed by atoms with van der Waals surface area (Å²) in [6.07, 6.45) is 7.82. The summed E-state index contributed by atoms with van der Waals surface area (Å²) in [6, 6.07) is 4.43. The van der Waals surface area contributed by atoms with E-state index in [0.29, 0.717) is 6.04 Å². The number of hydrogen-bond acceptors (Lipinski definition) is 3. The Kier molecular flexibility index (Phi) is 4.00. The molecule has 3 heteroatoms. The number of pyridine rings is 1. The van der Waals surface area contributed by atoms with Crippen molar-refractivity contribution in [1.29, 1.82) is 0 Å². The topological polar surface area (TPSA) is 36.4 Å². The normalized spacial score (nSPS) is 19.0. The van der Waals surface area contributed by atoms with Gasteiger partial charge >= 0.3 is 0 Å². The van der Waals surface area contributed by atoms with Gasteiger partial charge in [0.05, 0.1) is 6.10 Å². The zero-order valence-corrected chi connectivity index (χ0v) is 10.8. The van der Waals surface area contributed by atoms with Crippen LogP contribution in [0.25, 0.3) is 0 Å². The Morgan fingerprint density at radius 1 is 1.35 bits per heavy atom. The first-order chi connectivity index (χ1) is 8.20. The molecule has 2 rings (SSSR count). The van der Waals surface area contributed by atoms with Crippen LogP contribution in [-0.4, -0.2) is 23.2 Å². The highest BCUT2D eigenvalue weighted by Gasteiger charge is 2.21. The molecule has 1 fully saturated rings. The van der Waals surface area contributed by atoms with E-state index in [1.54, 1.807) is 13.1 Å². The second kappa shape index (κ2) is 5.50. The lowest BCUT2D eigenvalue weighted by molar-refractivity contribution is 0.199. The molecule has 0 aromatic carbocycles. The van der Waals surface area contributed by atoms with Crippen LogP contribution in [0.4, 0.5) is 5.82 Å². The van der Waals surface area contributed by atoms with Crippen molar-refractivity contribution < 1.29 is 5.11 Å². The van der Waals surface area contributed by atoms with Crippen molar-refractivity contribution in [2.24, 2.45) is 0 Å². The lowest BCUT2D eigenvalue weighted by Gasteiger charge is -2.33. The van der Waals surface area contributed by atoms with E-state index in [-0.39, 0.29) is 0 Å². The molecular weight excluding hydrogens is 212 g/mol. The molecule has 0 aliphatic heterocycles. The predicted molar refractivity (Wildman–Crippen MR) is 70.1 cm³/mol. The van der Waals surface area contributed by atoms with Crippen LogP contribution < -0.4 is 4.90 Å². The molecule has 17 heavy (non-hydrogen) atoms. The van der Waals surface area contributed by atoms with Crippen LogP contribution in [0.15, 0.2) is 18.3 Å². The molecule has 1 aromatic rings. The highest BCUT2D eigenvalue weighted by Crippen LogP contribution is 2.29. The number of anilines is 1. The maximum atomic E-state index is 9.79. The molecule has 1 heterocycles. The van der Waals surface area contributed by atoms with Gasteiger partial charge in [-0.3, -0.25) is 0 Å². The lowest BCUT2D eigenvalue weighted by Crippen LogP contribution is -2.34.